The topological polar surface area (TPSA) is 55.4 Å². The fourth-order valence-electron chi connectivity index (χ4n) is 1.45. The van der Waals surface area contributed by atoms with Crippen LogP contribution in [0, 0.1) is 0 Å². The van der Waals surface area contributed by atoms with E-state index in [4.69, 9.17) is 4.74 Å². The van der Waals surface area contributed by atoms with Gasteiger partial charge in [-0.25, -0.2) is 4.79 Å². The first-order valence-electron chi connectivity index (χ1n) is 6.24. The lowest BCUT2D eigenvalue weighted by Gasteiger charge is -2.07. The van der Waals surface area contributed by atoms with E-state index in [1.165, 1.54) is 0 Å². The van der Waals surface area contributed by atoms with E-state index in [1.54, 1.807) is 24.3 Å². The molecule has 18 heavy (non-hydrogen) atoms. The van der Waals surface area contributed by atoms with Crippen molar-refractivity contribution in [2.75, 3.05) is 11.9 Å². The first kappa shape index (κ1) is 14.2. The Labute approximate surface area is 107 Å². The second-order valence-corrected chi connectivity index (χ2v) is 4.01. The van der Waals surface area contributed by atoms with Crippen molar-refractivity contribution in [1.29, 1.82) is 0 Å². The number of amides is 1. The molecule has 0 spiro atoms. The van der Waals surface area contributed by atoms with Crippen molar-refractivity contribution in [3.05, 3.63) is 29.8 Å². The van der Waals surface area contributed by atoms with Crippen LogP contribution < -0.4 is 5.32 Å². The maximum Gasteiger partial charge on any atom is 0.338 e. The molecule has 0 aliphatic carbocycles. The Morgan fingerprint density at radius 3 is 2.67 bits per heavy atom. The number of esters is 1. The highest BCUT2D eigenvalue weighted by Crippen LogP contribution is 2.12. The molecule has 0 aromatic heterocycles. The van der Waals surface area contributed by atoms with Crippen LogP contribution in [0.2, 0.25) is 0 Å². The number of benzene rings is 1. The van der Waals surface area contributed by atoms with Gasteiger partial charge in [0.05, 0.1) is 12.2 Å². The summed E-state index contributed by atoms with van der Waals surface area (Å²) < 4.78 is 5.03. The van der Waals surface area contributed by atoms with Gasteiger partial charge >= 0.3 is 5.97 Å². The molecular formula is C14H19NO3. The average molecular weight is 249 g/mol. The molecule has 4 nitrogen and oxygen atoms in total. The molecule has 1 rings (SSSR count). The molecule has 0 radical (unpaired) electrons. The molecule has 0 aliphatic heterocycles. The van der Waals surface area contributed by atoms with Crippen LogP contribution in [-0.4, -0.2) is 18.5 Å². The highest BCUT2D eigenvalue weighted by atomic mass is 16.5. The summed E-state index contributed by atoms with van der Waals surface area (Å²) in [7, 11) is 0. The van der Waals surface area contributed by atoms with Crippen molar-refractivity contribution >= 4 is 17.6 Å². The van der Waals surface area contributed by atoms with E-state index < -0.39 is 0 Å². The van der Waals surface area contributed by atoms with Crippen molar-refractivity contribution in [3.8, 4) is 0 Å². The smallest absolute Gasteiger partial charge is 0.338 e. The van der Waals surface area contributed by atoms with Crippen molar-refractivity contribution < 1.29 is 14.3 Å². The Kier molecular flexibility index (Phi) is 5.91. The number of rotatable bonds is 6. The van der Waals surface area contributed by atoms with Crippen LogP contribution in [0.1, 0.15) is 43.5 Å². The Hall–Kier alpha value is -1.84. The molecule has 1 N–H and O–H groups in total. The molecule has 1 aromatic carbocycles. The van der Waals surface area contributed by atoms with E-state index in [-0.39, 0.29) is 11.9 Å². The summed E-state index contributed by atoms with van der Waals surface area (Å²) in [4.78, 5) is 23.1. The van der Waals surface area contributed by atoms with Crippen molar-refractivity contribution in [1.82, 2.24) is 0 Å². The Balaban J connectivity index is 2.67. The summed E-state index contributed by atoms with van der Waals surface area (Å²) in [6, 6.07) is 6.79. The van der Waals surface area contributed by atoms with Crippen LogP contribution in [-0.2, 0) is 9.53 Å². The highest BCUT2D eigenvalue weighted by molar-refractivity contribution is 5.94. The van der Waals surface area contributed by atoms with Crippen molar-refractivity contribution in [3.63, 3.8) is 0 Å². The van der Waals surface area contributed by atoms with E-state index in [2.05, 4.69) is 5.32 Å². The summed E-state index contributed by atoms with van der Waals surface area (Å²) in [5, 5.41) is 2.75. The molecule has 0 unspecified atom stereocenters. The second kappa shape index (κ2) is 7.48. The first-order chi connectivity index (χ1) is 8.67. The molecule has 1 amide bonds. The lowest BCUT2D eigenvalue weighted by Crippen LogP contribution is -2.12. The maximum atomic E-state index is 11.6. The lowest BCUT2D eigenvalue weighted by atomic mass is 10.2. The normalized spacial score (nSPS) is 9.89. The summed E-state index contributed by atoms with van der Waals surface area (Å²) in [5.74, 6) is -0.403. The van der Waals surface area contributed by atoms with Gasteiger partial charge in [-0.3, -0.25) is 4.79 Å². The molecule has 0 fully saturated rings. The number of anilines is 1. The summed E-state index contributed by atoms with van der Waals surface area (Å²) >= 11 is 0. The standard InChI is InChI=1S/C14H19NO3/c1-3-6-13(16)15-12-8-5-7-11(10-12)14(17)18-9-4-2/h5,7-8,10H,3-4,6,9H2,1-2H3,(H,15,16). The van der Waals surface area contributed by atoms with Gasteiger partial charge in [-0.1, -0.05) is 19.9 Å². The molecule has 0 heterocycles. The summed E-state index contributed by atoms with van der Waals surface area (Å²) in [5.41, 5.74) is 1.08. The van der Waals surface area contributed by atoms with Crippen LogP contribution in [0.3, 0.4) is 0 Å². The fourth-order valence-corrected chi connectivity index (χ4v) is 1.45. The van der Waals surface area contributed by atoms with Gasteiger partial charge < -0.3 is 10.1 Å². The Bertz CT molecular complexity index is 415. The van der Waals surface area contributed by atoms with Crippen LogP contribution in [0.15, 0.2) is 24.3 Å². The zero-order valence-corrected chi connectivity index (χ0v) is 10.9. The van der Waals surface area contributed by atoms with Gasteiger partial charge in [-0.15, -0.1) is 0 Å². The molecule has 0 atom stereocenters. The van der Waals surface area contributed by atoms with Gasteiger partial charge in [0.1, 0.15) is 0 Å². The third-order valence-corrected chi connectivity index (χ3v) is 2.30. The molecule has 0 bridgehead atoms. The first-order valence-corrected chi connectivity index (χ1v) is 6.24. The van der Waals surface area contributed by atoms with Crippen LogP contribution in [0.4, 0.5) is 5.69 Å². The molecule has 0 saturated heterocycles. The average Bonchev–Trinajstić information content (AvgIpc) is 2.36. The number of carbonyl (C=O) groups is 2. The quantitative estimate of drug-likeness (QED) is 0.788. The van der Waals surface area contributed by atoms with Gasteiger partial charge in [0, 0.05) is 12.1 Å². The molecule has 0 aliphatic rings. The monoisotopic (exact) mass is 249 g/mol. The van der Waals surface area contributed by atoms with Crippen molar-refractivity contribution in [2.45, 2.75) is 33.1 Å². The van der Waals surface area contributed by atoms with Gasteiger partial charge in [0.15, 0.2) is 0 Å². The lowest BCUT2D eigenvalue weighted by molar-refractivity contribution is -0.116. The van der Waals surface area contributed by atoms with Gasteiger partial charge in [-0.05, 0) is 31.0 Å². The predicted octanol–water partition coefficient (Wildman–Crippen LogP) is 2.99. The van der Waals surface area contributed by atoms with E-state index in [0.717, 1.165) is 12.8 Å². The second-order valence-electron chi connectivity index (χ2n) is 4.01. The highest BCUT2D eigenvalue weighted by Gasteiger charge is 2.08. The number of hydrogen-bond donors (Lipinski definition) is 1. The predicted molar refractivity (Wildman–Crippen MR) is 70.6 cm³/mol. The maximum absolute atomic E-state index is 11.6. The van der Waals surface area contributed by atoms with E-state index in [0.29, 0.717) is 24.3 Å². The molecular weight excluding hydrogens is 230 g/mol. The Morgan fingerprint density at radius 1 is 1.22 bits per heavy atom. The summed E-state index contributed by atoms with van der Waals surface area (Å²) in [6.07, 6.45) is 2.06. The fraction of sp³-hybridized carbons (Fsp3) is 0.429. The molecule has 4 heteroatoms. The van der Waals surface area contributed by atoms with Gasteiger partial charge in [-0.2, -0.15) is 0 Å². The third-order valence-electron chi connectivity index (χ3n) is 2.30. The minimum atomic E-state index is -0.358. The molecule has 98 valence electrons. The third kappa shape index (κ3) is 4.57. The van der Waals surface area contributed by atoms with Gasteiger partial charge in [0.2, 0.25) is 5.91 Å². The Morgan fingerprint density at radius 2 is 2.00 bits per heavy atom. The summed E-state index contributed by atoms with van der Waals surface area (Å²) in [6.45, 7) is 4.29. The van der Waals surface area contributed by atoms with Crippen molar-refractivity contribution in [2.24, 2.45) is 0 Å². The number of ether oxygens (including phenoxy) is 1. The molecule has 0 saturated carbocycles. The minimum absolute atomic E-state index is 0.0448. The number of carbonyl (C=O) groups excluding carboxylic acids is 2. The largest absolute Gasteiger partial charge is 0.462 e. The molecule has 1 aromatic rings. The van der Waals surface area contributed by atoms with Crippen LogP contribution >= 0.6 is 0 Å². The SMILES string of the molecule is CCCOC(=O)c1cccc(NC(=O)CCC)c1. The van der Waals surface area contributed by atoms with E-state index in [1.807, 2.05) is 13.8 Å². The van der Waals surface area contributed by atoms with E-state index >= 15 is 0 Å². The van der Waals surface area contributed by atoms with Gasteiger partial charge in [0.25, 0.3) is 0 Å². The van der Waals surface area contributed by atoms with Crippen LogP contribution in [0.25, 0.3) is 0 Å². The zero-order valence-electron chi connectivity index (χ0n) is 10.9. The van der Waals surface area contributed by atoms with E-state index in [9.17, 15) is 9.59 Å². The van der Waals surface area contributed by atoms with Crippen LogP contribution in [0.5, 0.6) is 0 Å². The number of nitrogens with one attached hydrogen (secondary N) is 1. The minimum Gasteiger partial charge on any atom is -0.462 e. The number of hydrogen-bond acceptors (Lipinski definition) is 3. The zero-order chi connectivity index (χ0) is 13.4.